The third-order valence-corrected chi connectivity index (χ3v) is 6.35. The molecule has 1 aliphatic rings. The summed E-state index contributed by atoms with van der Waals surface area (Å²) in [7, 11) is 0. The highest BCUT2D eigenvalue weighted by molar-refractivity contribution is 7.14. The lowest BCUT2D eigenvalue weighted by molar-refractivity contribution is 0.0479. The van der Waals surface area contributed by atoms with Crippen LogP contribution in [0.1, 0.15) is 68.8 Å². The first-order valence-electron chi connectivity index (χ1n) is 9.45. The van der Waals surface area contributed by atoms with E-state index in [1.807, 2.05) is 25.1 Å². The van der Waals surface area contributed by atoms with Crippen molar-refractivity contribution in [3.63, 3.8) is 0 Å². The number of ether oxygens (including phenoxy) is 1. The number of benzene rings is 1. The summed E-state index contributed by atoms with van der Waals surface area (Å²) in [4.78, 5) is 26.9. The second kappa shape index (κ2) is 8.17. The summed E-state index contributed by atoms with van der Waals surface area (Å²) >= 11 is 1.52. The monoisotopic (exact) mass is 370 g/mol. The molecule has 3 nitrogen and oxygen atoms in total. The molecule has 1 heterocycles. The van der Waals surface area contributed by atoms with E-state index in [-0.39, 0.29) is 18.4 Å². The van der Waals surface area contributed by atoms with Gasteiger partial charge >= 0.3 is 5.97 Å². The number of carbonyl (C=O) groups excluding carboxylic acids is 2. The van der Waals surface area contributed by atoms with Crippen molar-refractivity contribution < 1.29 is 14.3 Å². The molecule has 0 saturated carbocycles. The first-order chi connectivity index (χ1) is 12.5. The largest absolute Gasteiger partial charge is 0.453 e. The lowest BCUT2D eigenvalue weighted by Crippen LogP contribution is -2.15. The van der Waals surface area contributed by atoms with Crippen molar-refractivity contribution in [1.29, 1.82) is 0 Å². The average molecular weight is 371 g/mol. The molecule has 26 heavy (non-hydrogen) atoms. The Labute approximate surface area is 159 Å². The summed E-state index contributed by atoms with van der Waals surface area (Å²) in [6, 6.07) is 7.94. The first kappa shape index (κ1) is 18.8. The minimum atomic E-state index is -0.380. The molecule has 1 atom stereocenters. The summed E-state index contributed by atoms with van der Waals surface area (Å²) in [5, 5.41) is 0. The predicted molar refractivity (Wildman–Crippen MR) is 105 cm³/mol. The number of hydrogen-bond donors (Lipinski definition) is 0. The van der Waals surface area contributed by atoms with Crippen LogP contribution in [0.3, 0.4) is 0 Å². The van der Waals surface area contributed by atoms with Gasteiger partial charge < -0.3 is 4.74 Å². The Morgan fingerprint density at radius 2 is 2.00 bits per heavy atom. The van der Waals surface area contributed by atoms with E-state index >= 15 is 0 Å². The van der Waals surface area contributed by atoms with Crippen LogP contribution in [-0.4, -0.2) is 18.4 Å². The van der Waals surface area contributed by atoms with E-state index in [1.54, 1.807) is 0 Å². The van der Waals surface area contributed by atoms with Gasteiger partial charge in [-0.3, -0.25) is 4.79 Å². The molecule has 138 valence electrons. The van der Waals surface area contributed by atoms with E-state index in [4.69, 9.17) is 4.74 Å². The highest BCUT2D eigenvalue weighted by Crippen LogP contribution is 2.32. The fourth-order valence-corrected chi connectivity index (χ4v) is 4.60. The number of carbonyl (C=O) groups is 2. The topological polar surface area (TPSA) is 43.4 Å². The van der Waals surface area contributed by atoms with Crippen molar-refractivity contribution in [2.75, 3.05) is 6.61 Å². The van der Waals surface area contributed by atoms with Gasteiger partial charge in [0.15, 0.2) is 6.61 Å². The molecule has 1 aliphatic carbocycles. The van der Waals surface area contributed by atoms with Crippen molar-refractivity contribution >= 4 is 23.1 Å². The number of ketones is 1. The number of esters is 1. The van der Waals surface area contributed by atoms with Gasteiger partial charge in [-0.2, -0.15) is 0 Å². The zero-order chi connectivity index (χ0) is 18.7. The Hall–Kier alpha value is -1.94. The van der Waals surface area contributed by atoms with Crippen LogP contribution in [-0.2, 0) is 30.4 Å². The zero-order valence-electron chi connectivity index (χ0n) is 15.8. The molecule has 0 bridgehead atoms. The summed E-state index contributed by atoms with van der Waals surface area (Å²) < 4.78 is 5.34. The van der Waals surface area contributed by atoms with Crippen LogP contribution in [0.5, 0.6) is 0 Å². The van der Waals surface area contributed by atoms with E-state index in [0.717, 1.165) is 36.8 Å². The molecule has 1 aromatic carbocycles. The van der Waals surface area contributed by atoms with Crippen LogP contribution >= 0.6 is 11.3 Å². The lowest BCUT2D eigenvalue weighted by atomic mass is 9.90. The number of hydrogen-bond acceptors (Lipinski definition) is 4. The highest BCUT2D eigenvalue weighted by atomic mass is 32.1. The Morgan fingerprint density at radius 1 is 1.19 bits per heavy atom. The molecule has 0 spiro atoms. The quantitative estimate of drug-likeness (QED) is 0.529. The molecular formula is C22H26O3S. The van der Waals surface area contributed by atoms with E-state index in [9.17, 15) is 9.59 Å². The number of fused-ring (bicyclic) bond motifs is 1. The molecule has 0 N–H and O–H groups in total. The van der Waals surface area contributed by atoms with Crippen LogP contribution in [0.15, 0.2) is 24.3 Å². The maximum absolute atomic E-state index is 12.6. The van der Waals surface area contributed by atoms with Gasteiger partial charge in [-0.15, -0.1) is 11.3 Å². The number of Topliss-reactive ketones (excluding diaryl/α,β-unsaturated/α-hetero) is 1. The van der Waals surface area contributed by atoms with E-state index in [2.05, 4.69) is 19.9 Å². The van der Waals surface area contributed by atoms with Crippen molar-refractivity contribution in [2.24, 2.45) is 5.92 Å². The van der Waals surface area contributed by atoms with Gasteiger partial charge in [0.25, 0.3) is 0 Å². The molecule has 0 fully saturated rings. The molecular weight excluding hydrogens is 344 g/mol. The standard InChI is InChI=1S/C22H26O3S/c1-4-15-7-8-16(5-2)18(11-15)19(23)13-25-22(24)21-12-17-10-14(3)6-9-20(17)26-21/h7-8,11-12,14H,4-6,9-10,13H2,1-3H3/t14-/m0/s1. The molecule has 0 saturated heterocycles. The molecule has 0 amide bonds. The summed E-state index contributed by atoms with van der Waals surface area (Å²) in [5.74, 6) is 0.163. The van der Waals surface area contributed by atoms with Gasteiger partial charge in [0.05, 0.1) is 0 Å². The summed E-state index contributed by atoms with van der Waals surface area (Å²) in [5.41, 5.74) is 4.08. The Morgan fingerprint density at radius 3 is 2.73 bits per heavy atom. The van der Waals surface area contributed by atoms with Gasteiger partial charge in [0.2, 0.25) is 5.78 Å². The smallest absolute Gasteiger partial charge is 0.348 e. The van der Waals surface area contributed by atoms with E-state index < -0.39 is 0 Å². The van der Waals surface area contributed by atoms with Gasteiger partial charge in [0, 0.05) is 10.4 Å². The Balaban J connectivity index is 1.67. The van der Waals surface area contributed by atoms with Crippen molar-refractivity contribution in [3.8, 4) is 0 Å². The SMILES string of the molecule is CCc1ccc(CC)c(C(=O)COC(=O)c2cc3c(s2)CC[C@H](C)C3)c1. The second-order valence-corrected chi connectivity index (χ2v) is 8.24. The third kappa shape index (κ3) is 4.07. The van der Waals surface area contributed by atoms with Gasteiger partial charge in [0.1, 0.15) is 4.88 Å². The fraction of sp³-hybridized carbons (Fsp3) is 0.455. The zero-order valence-corrected chi connectivity index (χ0v) is 16.6. The van der Waals surface area contributed by atoms with Gasteiger partial charge in [-0.05, 0) is 66.8 Å². The van der Waals surface area contributed by atoms with Gasteiger partial charge in [-0.1, -0.05) is 32.9 Å². The first-order valence-corrected chi connectivity index (χ1v) is 10.3. The van der Waals surface area contributed by atoms with Crippen molar-refractivity contribution in [1.82, 2.24) is 0 Å². The Kier molecular flexibility index (Phi) is 5.92. The van der Waals surface area contributed by atoms with Crippen LogP contribution < -0.4 is 0 Å². The Bertz CT molecular complexity index is 819. The van der Waals surface area contributed by atoms with Crippen LogP contribution in [0.4, 0.5) is 0 Å². The fourth-order valence-electron chi connectivity index (χ4n) is 3.50. The number of aryl methyl sites for hydroxylation is 3. The van der Waals surface area contributed by atoms with Crippen LogP contribution in [0.25, 0.3) is 0 Å². The second-order valence-electron chi connectivity index (χ2n) is 7.10. The van der Waals surface area contributed by atoms with Crippen LogP contribution in [0, 0.1) is 5.92 Å². The van der Waals surface area contributed by atoms with E-state index in [1.165, 1.54) is 28.2 Å². The lowest BCUT2D eigenvalue weighted by Gasteiger charge is -2.16. The summed E-state index contributed by atoms with van der Waals surface area (Å²) in [6.07, 6.45) is 4.91. The minimum Gasteiger partial charge on any atom is -0.453 e. The third-order valence-electron chi connectivity index (χ3n) is 5.13. The molecule has 0 unspecified atom stereocenters. The van der Waals surface area contributed by atoms with E-state index in [0.29, 0.717) is 16.4 Å². The van der Waals surface area contributed by atoms with Crippen molar-refractivity contribution in [2.45, 2.75) is 52.9 Å². The van der Waals surface area contributed by atoms with Crippen molar-refractivity contribution in [3.05, 3.63) is 56.3 Å². The molecule has 3 rings (SSSR count). The highest BCUT2D eigenvalue weighted by Gasteiger charge is 2.22. The molecule has 1 aromatic heterocycles. The number of thiophene rings is 1. The molecule has 2 aromatic rings. The maximum Gasteiger partial charge on any atom is 0.348 e. The normalized spacial score (nSPS) is 16.2. The average Bonchev–Trinajstić information content (AvgIpc) is 3.08. The molecule has 0 aliphatic heterocycles. The minimum absolute atomic E-state index is 0.125. The number of rotatable bonds is 6. The predicted octanol–water partition coefficient (Wildman–Crippen LogP) is 5.04. The maximum atomic E-state index is 12.6. The summed E-state index contributed by atoms with van der Waals surface area (Å²) in [6.45, 7) is 6.14. The molecule has 4 heteroatoms. The van der Waals surface area contributed by atoms with Gasteiger partial charge in [-0.25, -0.2) is 4.79 Å². The van der Waals surface area contributed by atoms with Crippen LogP contribution in [0.2, 0.25) is 0 Å². The molecule has 0 radical (unpaired) electrons.